The molecule has 0 bridgehead atoms. The molecule has 0 aromatic heterocycles. The van der Waals surface area contributed by atoms with Crippen molar-refractivity contribution in [2.75, 3.05) is 6.61 Å². The van der Waals surface area contributed by atoms with Crippen LogP contribution < -0.4 is 0 Å². The van der Waals surface area contributed by atoms with Crippen molar-refractivity contribution in [3.63, 3.8) is 0 Å². The Morgan fingerprint density at radius 2 is 1.91 bits per heavy atom. The van der Waals surface area contributed by atoms with Crippen LogP contribution >= 0.6 is 0 Å². The number of allylic oxidation sites excluding steroid dienone is 1. The molecule has 6 atom stereocenters. The quantitative estimate of drug-likeness (QED) is 0.534. The smallest absolute Gasteiger partial charge is 0.187 e. The average molecular weight is 316 g/mol. The maximum absolute atomic E-state index is 11.7. The number of ether oxygens (including phenoxy) is 2. The van der Waals surface area contributed by atoms with Crippen LogP contribution in [-0.4, -0.2) is 69.6 Å². The van der Waals surface area contributed by atoms with E-state index in [2.05, 4.69) is 0 Å². The zero-order valence-corrected chi connectivity index (χ0v) is 13.0. The highest BCUT2D eigenvalue weighted by Crippen LogP contribution is 2.38. The Kier molecular flexibility index (Phi) is 5.06. The van der Waals surface area contributed by atoms with Crippen LogP contribution in [0.25, 0.3) is 0 Å². The summed E-state index contributed by atoms with van der Waals surface area (Å²) < 4.78 is 11.2. The standard InChI is InChI=1S/C15H24O7/c1-7-4-8(17)5-15(2,3)13(7)22-14-12(20)11(19)10(18)9(6-16)21-14/h4,9-14,16,18-20H,5-6H2,1-3H3/t9-,10-,11+,12-,13+,14+/m1/s1. The van der Waals surface area contributed by atoms with E-state index in [1.165, 1.54) is 6.08 Å². The highest BCUT2D eigenvalue weighted by Gasteiger charge is 2.47. The van der Waals surface area contributed by atoms with Crippen LogP contribution in [0.3, 0.4) is 0 Å². The summed E-state index contributed by atoms with van der Waals surface area (Å²) in [7, 11) is 0. The number of aliphatic hydroxyl groups excluding tert-OH is 4. The molecule has 1 aliphatic heterocycles. The molecule has 0 amide bonds. The number of carbonyl (C=O) groups excluding carboxylic acids is 1. The Morgan fingerprint density at radius 1 is 1.27 bits per heavy atom. The first-order chi connectivity index (χ1) is 10.2. The fourth-order valence-electron chi connectivity index (χ4n) is 3.14. The van der Waals surface area contributed by atoms with E-state index in [4.69, 9.17) is 9.47 Å². The second-order valence-corrected chi connectivity index (χ2v) is 6.73. The van der Waals surface area contributed by atoms with Gasteiger partial charge in [0.15, 0.2) is 12.1 Å². The maximum Gasteiger partial charge on any atom is 0.187 e. The molecule has 0 saturated carbocycles. The molecule has 0 aromatic rings. The molecule has 1 saturated heterocycles. The lowest BCUT2D eigenvalue weighted by atomic mass is 9.74. The first-order valence-corrected chi connectivity index (χ1v) is 7.34. The lowest BCUT2D eigenvalue weighted by molar-refractivity contribution is -0.315. The molecule has 4 N–H and O–H groups in total. The van der Waals surface area contributed by atoms with Crippen molar-refractivity contribution in [1.82, 2.24) is 0 Å². The van der Waals surface area contributed by atoms with Crippen LogP contribution in [-0.2, 0) is 14.3 Å². The summed E-state index contributed by atoms with van der Waals surface area (Å²) in [5.74, 6) is 0.0103. The van der Waals surface area contributed by atoms with E-state index in [1.807, 2.05) is 13.8 Å². The van der Waals surface area contributed by atoms with Crippen molar-refractivity contribution in [3.8, 4) is 0 Å². The van der Waals surface area contributed by atoms with Gasteiger partial charge in [0.2, 0.25) is 0 Å². The van der Waals surface area contributed by atoms with Gasteiger partial charge in [0.1, 0.15) is 24.4 Å². The number of ketones is 1. The molecule has 1 fully saturated rings. The van der Waals surface area contributed by atoms with E-state index in [1.54, 1.807) is 6.92 Å². The van der Waals surface area contributed by atoms with Crippen LogP contribution in [0, 0.1) is 5.41 Å². The van der Waals surface area contributed by atoms with Crippen LogP contribution in [0.4, 0.5) is 0 Å². The number of aliphatic hydroxyl groups is 4. The normalized spacial score (nSPS) is 42.1. The summed E-state index contributed by atoms with van der Waals surface area (Å²) in [4.78, 5) is 11.7. The van der Waals surface area contributed by atoms with Gasteiger partial charge in [0.25, 0.3) is 0 Å². The van der Waals surface area contributed by atoms with E-state index < -0.39 is 48.8 Å². The highest BCUT2D eigenvalue weighted by molar-refractivity contribution is 5.92. The average Bonchev–Trinajstić information content (AvgIpc) is 2.41. The number of hydrogen-bond donors (Lipinski definition) is 4. The Bertz CT molecular complexity index is 457. The second-order valence-electron chi connectivity index (χ2n) is 6.73. The topological polar surface area (TPSA) is 116 Å². The predicted octanol–water partition coefficient (Wildman–Crippen LogP) is -0.883. The van der Waals surface area contributed by atoms with Crippen molar-refractivity contribution in [2.24, 2.45) is 5.41 Å². The second kappa shape index (κ2) is 6.35. The third-order valence-electron chi connectivity index (χ3n) is 4.26. The van der Waals surface area contributed by atoms with E-state index in [9.17, 15) is 25.2 Å². The summed E-state index contributed by atoms with van der Waals surface area (Å²) in [6.45, 7) is 4.99. The molecule has 0 spiro atoms. The van der Waals surface area contributed by atoms with Gasteiger partial charge in [-0.1, -0.05) is 13.8 Å². The van der Waals surface area contributed by atoms with Gasteiger partial charge in [-0.2, -0.15) is 0 Å². The maximum atomic E-state index is 11.7. The van der Waals surface area contributed by atoms with Crippen molar-refractivity contribution < 1.29 is 34.7 Å². The van der Waals surface area contributed by atoms with Crippen LogP contribution in [0.5, 0.6) is 0 Å². The van der Waals surface area contributed by atoms with E-state index >= 15 is 0 Å². The lowest BCUT2D eigenvalue weighted by Gasteiger charge is -2.44. The van der Waals surface area contributed by atoms with Gasteiger partial charge in [0, 0.05) is 11.8 Å². The Hall–Kier alpha value is -0.830. The van der Waals surface area contributed by atoms with Crippen molar-refractivity contribution in [3.05, 3.63) is 11.6 Å². The van der Waals surface area contributed by atoms with Gasteiger partial charge >= 0.3 is 0 Å². The minimum Gasteiger partial charge on any atom is -0.394 e. The van der Waals surface area contributed by atoms with Gasteiger partial charge in [-0.05, 0) is 18.6 Å². The molecule has 1 aliphatic carbocycles. The van der Waals surface area contributed by atoms with Crippen molar-refractivity contribution >= 4 is 5.78 Å². The van der Waals surface area contributed by atoms with E-state index in [-0.39, 0.29) is 5.78 Å². The zero-order chi connectivity index (χ0) is 16.7. The van der Waals surface area contributed by atoms with Crippen molar-refractivity contribution in [2.45, 2.75) is 64.0 Å². The minimum absolute atomic E-state index is 0.0103. The molecule has 2 aliphatic rings. The summed E-state index contributed by atoms with van der Waals surface area (Å²) >= 11 is 0. The monoisotopic (exact) mass is 316 g/mol. The molecule has 126 valence electrons. The van der Waals surface area contributed by atoms with Gasteiger partial charge in [-0.25, -0.2) is 0 Å². The minimum atomic E-state index is -1.48. The molecule has 0 unspecified atom stereocenters. The summed E-state index contributed by atoms with van der Waals surface area (Å²) in [6, 6.07) is 0. The first kappa shape index (κ1) is 17.5. The number of hydrogen-bond acceptors (Lipinski definition) is 7. The third-order valence-corrected chi connectivity index (χ3v) is 4.26. The highest BCUT2D eigenvalue weighted by atomic mass is 16.7. The van der Waals surface area contributed by atoms with Gasteiger partial charge in [0.05, 0.1) is 12.7 Å². The Morgan fingerprint density at radius 3 is 2.45 bits per heavy atom. The molecule has 0 aromatic carbocycles. The van der Waals surface area contributed by atoms with Gasteiger partial charge in [-0.15, -0.1) is 0 Å². The Labute approximate surface area is 129 Å². The molecular formula is C15H24O7. The molecule has 2 rings (SSSR count). The number of rotatable bonds is 3. The van der Waals surface area contributed by atoms with E-state index in [0.29, 0.717) is 12.0 Å². The summed E-state index contributed by atoms with van der Waals surface area (Å²) in [5.41, 5.74) is 0.215. The van der Waals surface area contributed by atoms with E-state index in [0.717, 1.165) is 0 Å². The SMILES string of the molecule is CC1=CC(=O)CC(C)(C)[C@H]1O[C@@H]1O[C@H](CO)[C@@H](O)[C@H](O)[C@H]1O. The lowest BCUT2D eigenvalue weighted by Crippen LogP contribution is -2.60. The molecule has 0 radical (unpaired) electrons. The van der Waals surface area contributed by atoms with Gasteiger partial charge in [-0.3, -0.25) is 4.79 Å². The molecular weight excluding hydrogens is 292 g/mol. The zero-order valence-electron chi connectivity index (χ0n) is 13.0. The van der Waals surface area contributed by atoms with Crippen LogP contribution in [0.2, 0.25) is 0 Å². The molecule has 1 heterocycles. The van der Waals surface area contributed by atoms with Crippen LogP contribution in [0.1, 0.15) is 27.2 Å². The molecule has 7 heteroatoms. The first-order valence-electron chi connectivity index (χ1n) is 7.34. The fraction of sp³-hybridized carbons (Fsp3) is 0.800. The summed E-state index contributed by atoms with van der Waals surface area (Å²) in [6.07, 6.45) is -5.24. The fourth-order valence-corrected chi connectivity index (χ4v) is 3.14. The third kappa shape index (κ3) is 3.24. The van der Waals surface area contributed by atoms with Crippen LogP contribution in [0.15, 0.2) is 11.6 Å². The number of carbonyl (C=O) groups is 1. The van der Waals surface area contributed by atoms with Gasteiger partial charge < -0.3 is 29.9 Å². The molecule has 7 nitrogen and oxygen atoms in total. The Balaban J connectivity index is 2.18. The van der Waals surface area contributed by atoms with Crippen molar-refractivity contribution in [1.29, 1.82) is 0 Å². The predicted molar refractivity (Wildman–Crippen MR) is 75.8 cm³/mol. The summed E-state index contributed by atoms with van der Waals surface area (Å²) in [5, 5.41) is 38.8. The largest absolute Gasteiger partial charge is 0.394 e. The molecule has 22 heavy (non-hydrogen) atoms.